The van der Waals surface area contributed by atoms with E-state index in [1.165, 1.54) is 23.5 Å². The molecule has 6 heteroatoms. The summed E-state index contributed by atoms with van der Waals surface area (Å²) in [5, 5.41) is 15.7. The molecule has 1 aromatic carbocycles. The van der Waals surface area contributed by atoms with Crippen molar-refractivity contribution < 1.29 is 14.3 Å². The minimum atomic E-state index is -1.10. The van der Waals surface area contributed by atoms with Crippen molar-refractivity contribution in [1.82, 2.24) is 10.3 Å². The molecule has 0 radical (unpaired) electrons. The molecule has 3 N–H and O–H groups in total. The van der Waals surface area contributed by atoms with E-state index < -0.39 is 5.60 Å². The Morgan fingerprint density at radius 3 is 3.00 bits per heavy atom. The summed E-state index contributed by atoms with van der Waals surface area (Å²) in [4.78, 5) is 15.9. The minimum absolute atomic E-state index is 0.128. The fourth-order valence-corrected chi connectivity index (χ4v) is 3.26. The molecule has 1 atom stereocenters. The van der Waals surface area contributed by atoms with Gasteiger partial charge in [-0.1, -0.05) is 6.07 Å². The zero-order valence-electron chi connectivity index (χ0n) is 12.6. The molecule has 2 aromatic heterocycles. The van der Waals surface area contributed by atoms with E-state index in [0.717, 1.165) is 16.0 Å². The molecular formula is C17H17FN2O2S. The van der Waals surface area contributed by atoms with Gasteiger partial charge in [0.15, 0.2) is 0 Å². The molecule has 2 heterocycles. The van der Waals surface area contributed by atoms with Crippen LogP contribution in [0.1, 0.15) is 17.4 Å². The lowest BCUT2D eigenvalue weighted by atomic mass is 10.0. The van der Waals surface area contributed by atoms with Gasteiger partial charge in [0.25, 0.3) is 0 Å². The Morgan fingerprint density at radius 1 is 1.43 bits per heavy atom. The van der Waals surface area contributed by atoms with Crippen LogP contribution in [0.2, 0.25) is 0 Å². The maximum Gasteiger partial charge on any atom is 0.224 e. The lowest BCUT2D eigenvalue weighted by Crippen LogP contribution is -2.38. The van der Waals surface area contributed by atoms with Gasteiger partial charge in [0.2, 0.25) is 5.91 Å². The molecule has 3 rings (SSSR count). The van der Waals surface area contributed by atoms with Crippen molar-refractivity contribution in [2.75, 3.05) is 6.54 Å². The highest BCUT2D eigenvalue weighted by Crippen LogP contribution is 2.24. The van der Waals surface area contributed by atoms with E-state index in [4.69, 9.17) is 0 Å². The molecule has 0 aliphatic heterocycles. The molecule has 0 aliphatic rings. The predicted molar refractivity (Wildman–Crippen MR) is 88.9 cm³/mol. The summed E-state index contributed by atoms with van der Waals surface area (Å²) in [7, 11) is 0. The Morgan fingerprint density at radius 2 is 2.26 bits per heavy atom. The highest BCUT2D eigenvalue weighted by molar-refractivity contribution is 7.10. The van der Waals surface area contributed by atoms with E-state index in [0.29, 0.717) is 5.39 Å². The van der Waals surface area contributed by atoms with Gasteiger partial charge in [-0.05, 0) is 42.1 Å². The quantitative estimate of drug-likeness (QED) is 0.672. The molecular weight excluding hydrogens is 315 g/mol. The van der Waals surface area contributed by atoms with E-state index in [1.807, 2.05) is 17.5 Å². The summed E-state index contributed by atoms with van der Waals surface area (Å²) < 4.78 is 13.3. The molecule has 0 spiro atoms. The fourth-order valence-electron chi connectivity index (χ4n) is 2.48. The number of H-pyrrole nitrogens is 1. The van der Waals surface area contributed by atoms with Crippen LogP contribution in [0.3, 0.4) is 0 Å². The second-order valence-corrected chi connectivity index (χ2v) is 6.66. The molecule has 3 aromatic rings. The van der Waals surface area contributed by atoms with Crippen LogP contribution in [0.4, 0.5) is 4.39 Å². The first-order valence-electron chi connectivity index (χ1n) is 7.24. The topological polar surface area (TPSA) is 65.1 Å². The number of benzene rings is 1. The second kappa shape index (κ2) is 6.14. The summed E-state index contributed by atoms with van der Waals surface area (Å²) in [6, 6.07) is 8.13. The maximum atomic E-state index is 13.3. The highest BCUT2D eigenvalue weighted by Gasteiger charge is 2.25. The lowest BCUT2D eigenvalue weighted by molar-refractivity contribution is -0.121. The van der Waals surface area contributed by atoms with Crippen molar-refractivity contribution in [2.45, 2.75) is 18.9 Å². The van der Waals surface area contributed by atoms with Gasteiger partial charge in [-0.15, -0.1) is 11.3 Å². The Labute approximate surface area is 137 Å². The number of carbonyl (C=O) groups excluding carboxylic acids is 1. The predicted octanol–water partition coefficient (Wildman–Crippen LogP) is 2.93. The average Bonchev–Trinajstić information content (AvgIpc) is 3.16. The summed E-state index contributed by atoms with van der Waals surface area (Å²) in [6.07, 6.45) is 1.84. The third kappa shape index (κ3) is 3.43. The van der Waals surface area contributed by atoms with E-state index in [2.05, 4.69) is 10.3 Å². The molecule has 0 saturated heterocycles. The number of hydrogen-bond acceptors (Lipinski definition) is 3. The van der Waals surface area contributed by atoms with Crippen LogP contribution in [0.5, 0.6) is 0 Å². The van der Waals surface area contributed by atoms with Gasteiger partial charge in [0.05, 0.1) is 13.0 Å². The Kier molecular flexibility index (Phi) is 4.19. The minimum Gasteiger partial charge on any atom is -0.383 e. The monoisotopic (exact) mass is 332 g/mol. The van der Waals surface area contributed by atoms with Gasteiger partial charge in [-0.3, -0.25) is 4.79 Å². The molecule has 0 bridgehead atoms. The zero-order chi connectivity index (χ0) is 16.4. The molecule has 0 fully saturated rings. The van der Waals surface area contributed by atoms with Crippen LogP contribution in [-0.2, 0) is 16.8 Å². The number of nitrogens with one attached hydrogen (secondary N) is 2. The van der Waals surface area contributed by atoms with E-state index in [9.17, 15) is 14.3 Å². The third-order valence-corrected chi connectivity index (χ3v) is 4.89. The van der Waals surface area contributed by atoms with Gasteiger partial charge >= 0.3 is 0 Å². The van der Waals surface area contributed by atoms with Crippen molar-refractivity contribution in [1.29, 1.82) is 0 Å². The fraction of sp³-hybridized carbons (Fsp3) is 0.235. The number of fused-ring (bicyclic) bond motifs is 1. The van der Waals surface area contributed by atoms with Gasteiger partial charge in [-0.2, -0.15) is 0 Å². The Hall–Kier alpha value is -2.18. The molecule has 1 unspecified atom stereocenters. The number of amides is 1. The first kappa shape index (κ1) is 15.7. The average molecular weight is 332 g/mol. The molecule has 120 valence electrons. The standard InChI is InChI=1S/C17H17FN2O2S/c1-17(22,15-3-2-6-23-15)10-20-16(21)7-11-9-19-14-5-4-12(18)8-13(11)14/h2-6,8-9,19,22H,7,10H2,1H3,(H,20,21). The van der Waals surface area contributed by atoms with Crippen LogP contribution < -0.4 is 5.32 Å². The normalized spacial score (nSPS) is 13.9. The third-order valence-electron chi connectivity index (χ3n) is 3.76. The smallest absolute Gasteiger partial charge is 0.224 e. The number of aromatic amines is 1. The zero-order valence-corrected chi connectivity index (χ0v) is 13.4. The second-order valence-electron chi connectivity index (χ2n) is 5.71. The van der Waals surface area contributed by atoms with Crippen molar-refractivity contribution in [3.63, 3.8) is 0 Å². The first-order valence-corrected chi connectivity index (χ1v) is 8.12. The Balaban J connectivity index is 1.66. The van der Waals surface area contributed by atoms with Crippen LogP contribution in [0, 0.1) is 5.82 Å². The van der Waals surface area contributed by atoms with Crippen LogP contribution >= 0.6 is 11.3 Å². The van der Waals surface area contributed by atoms with Gasteiger partial charge < -0.3 is 15.4 Å². The number of rotatable bonds is 5. The number of aliphatic hydroxyl groups is 1. The van der Waals surface area contributed by atoms with Crippen molar-refractivity contribution in [2.24, 2.45) is 0 Å². The SMILES string of the molecule is CC(O)(CNC(=O)Cc1c[nH]c2ccc(F)cc12)c1cccs1. The molecule has 4 nitrogen and oxygen atoms in total. The van der Waals surface area contributed by atoms with Crippen LogP contribution in [-0.4, -0.2) is 22.5 Å². The van der Waals surface area contributed by atoms with Crippen LogP contribution in [0.15, 0.2) is 41.9 Å². The highest BCUT2D eigenvalue weighted by atomic mass is 32.1. The summed E-state index contributed by atoms with van der Waals surface area (Å²) >= 11 is 1.44. The number of halogens is 1. The summed E-state index contributed by atoms with van der Waals surface area (Å²) in [6.45, 7) is 1.79. The summed E-state index contributed by atoms with van der Waals surface area (Å²) in [5.41, 5.74) is 0.420. The van der Waals surface area contributed by atoms with Crippen LogP contribution in [0.25, 0.3) is 10.9 Å². The van der Waals surface area contributed by atoms with Crippen molar-refractivity contribution >= 4 is 28.1 Å². The summed E-state index contributed by atoms with van der Waals surface area (Å²) in [5.74, 6) is -0.550. The van der Waals surface area contributed by atoms with Gasteiger partial charge in [0.1, 0.15) is 11.4 Å². The number of thiophene rings is 1. The van der Waals surface area contributed by atoms with E-state index >= 15 is 0 Å². The van der Waals surface area contributed by atoms with Crippen molar-refractivity contribution in [3.05, 3.63) is 58.2 Å². The number of hydrogen-bond donors (Lipinski definition) is 3. The first-order chi connectivity index (χ1) is 11.0. The van der Waals surface area contributed by atoms with E-state index in [-0.39, 0.29) is 24.7 Å². The number of carbonyl (C=O) groups is 1. The lowest BCUT2D eigenvalue weighted by Gasteiger charge is -2.22. The van der Waals surface area contributed by atoms with Gasteiger partial charge in [0, 0.05) is 22.0 Å². The van der Waals surface area contributed by atoms with Gasteiger partial charge in [-0.25, -0.2) is 4.39 Å². The molecule has 0 aliphatic carbocycles. The molecule has 0 saturated carbocycles. The number of aromatic nitrogens is 1. The van der Waals surface area contributed by atoms with Crippen molar-refractivity contribution in [3.8, 4) is 0 Å². The largest absolute Gasteiger partial charge is 0.383 e. The Bertz CT molecular complexity index is 824. The molecule has 1 amide bonds. The maximum absolute atomic E-state index is 13.3. The molecule has 23 heavy (non-hydrogen) atoms. The van der Waals surface area contributed by atoms with E-state index in [1.54, 1.807) is 19.2 Å².